The van der Waals surface area contributed by atoms with Crippen molar-refractivity contribution in [1.29, 1.82) is 0 Å². The number of likely N-dealkylation sites (N-methyl/N-ethyl adjacent to an activating group) is 1. The van der Waals surface area contributed by atoms with E-state index in [0.717, 1.165) is 19.8 Å². The summed E-state index contributed by atoms with van der Waals surface area (Å²) in [6.45, 7) is 5.13. The zero-order valence-electron chi connectivity index (χ0n) is 10.4. The van der Waals surface area contributed by atoms with Crippen molar-refractivity contribution >= 4 is 0 Å². The molecular weight excluding hydrogens is 202 g/mol. The van der Waals surface area contributed by atoms with Gasteiger partial charge in [-0.15, -0.1) is 0 Å². The molecule has 0 aromatic rings. The van der Waals surface area contributed by atoms with Crippen LogP contribution in [0, 0.1) is 0 Å². The van der Waals surface area contributed by atoms with Crippen LogP contribution in [-0.4, -0.2) is 38.0 Å². The molecule has 0 aliphatic carbocycles. The van der Waals surface area contributed by atoms with Crippen molar-refractivity contribution in [2.75, 3.05) is 19.8 Å². The topological polar surface area (TPSA) is 30.5 Å². The van der Waals surface area contributed by atoms with Crippen LogP contribution in [0.25, 0.3) is 0 Å². The highest BCUT2D eigenvalue weighted by molar-refractivity contribution is 4.81. The van der Waals surface area contributed by atoms with E-state index in [4.69, 9.17) is 9.47 Å². The van der Waals surface area contributed by atoms with E-state index in [9.17, 15) is 0 Å². The molecule has 2 fully saturated rings. The Labute approximate surface area is 98.9 Å². The maximum absolute atomic E-state index is 5.78. The Morgan fingerprint density at radius 2 is 2.00 bits per heavy atom. The van der Waals surface area contributed by atoms with Gasteiger partial charge in [-0.2, -0.15) is 0 Å². The lowest BCUT2D eigenvalue weighted by Gasteiger charge is -2.24. The number of rotatable bonds is 6. The minimum absolute atomic E-state index is 0.446. The summed E-state index contributed by atoms with van der Waals surface area (Å²) in [7, 11) is 0. The number of ether oxygens (including phenoxy) is 2. The van der Waals surface area contributed by atoms with Crippen LogP contribution in [0.4, 0.5) is 0 Å². The highest BCUT2D eigenvalue weighted by Gasteiger charge is 2.26. The molecule has 3 heteroatoms. The van der Waals surface area contributed by atoms with Crippen molar-refractivity contribution in [3.63, 3.8) is 0 Å². The molecule has 2 aliphatic heterocycles. The predicted molar refractivity (Wildman–Crippen MR) is 64.6 cm³/mol. The van der Waals surface area contributed by atoms with Gasteiger partial charge >= 0.3 is 0 Å². The number of hydrogen-bond acceptors (Lipinski definition) is 3. The lowest BCUT2D eigenvalue weighted by Crippen LogP contribution is -2.40. The molecule has 0 aromatic heterocycles. The fourth-order valence-corrected chi connectivity index (χ4v) is 2.84. The van der Waals surface area contributed by atoms with Gasteiger partial charge in [0.1, 0.15) is 0 Å². The second kappa shape index (κ2) is 6.58. The first kappa shape index (κ1) is 12.3. The Hall–Kier alpha value is -0.120. The second-order valence-electron chi connectivity index (χ2n) is 4.93. The third kappa shape index (κ3) is 3.44. The van der Waals surface area contributed by atoms with Crippen molar-refractivity contribution in [3.8, 4) is 0 Å². The highest BCUT2D eigenvalue weighted by Crippen LogP contribution is 2.22. The Bertz CT molecular complexity index is 186. The Morgan fingerprint density at radius 3 is 2.62 bits per heavy atom. The minimum Gasteiger partial charge on any atom is -0.378 e. The first-order chi connectivity index (χ1) is 7.90. The van der Waals surface area contributed by atoms with E-state index in [1.54, 1.807) is 0 Å². The van der Waals surface area contributed by atoms with Gasteiger partial charge in [0.25, 0.3) is 0 Å². The number of nitrogens with one attached hydrogen (secondary N) is 1. The second-order valence-corrected chi connectivity index (χ2v) is 4.93. The molecule has 2 saturated heterocycles. The first-order valence-corrected chi connectivity index (χ1v) is 6.86. The van der Waals surface area contributed by atoms with Crippen molar-refractivity contribution < 1.29 is 9.47 Å². The van der Waals surface area contributed by atoms with Crippen molar-refractivity contribution in [1.82, 2.24) is 5.32 Å². The molecule has 94 valence electrons. The Morgan fingerprint density at radius 1 is 1.19 bits per heavy atom. The number of hydrogen-bond donors (Lipinski definition) is 1. The van der Waals surface area contributed by atoms with Gasteiger partial charge in [-0.1, -0.05) is 6.92 Å². The van der Waals surface area contributed by atoms with Crippen molar-refractivity contribution in [3.05, 3.63) is 0 Å². The van der Waals surface area contributed by atoms with E-state index in [2.05, 4.69) is 12.2 Å². The molecule has 0 saturated carbocycles. The van der Waals surface area contributed by atoms with Crippen LogP contribution in [0.1, 0.15) is 45.4 Å². The maximum Gasteiger partial charge on any atom is 0.0728 e. The van der Waals surface area contributed by atoms with Gasteiger partial charge in [-0.25, -0.2) is 0 Å². The van der Waals surface area contributed by atoms with Crippen LogP contribution in [0.3, 0.4) is 0 Å². The molecule has 0 bridgehead atoms. The molecule has 1 N–H and O–H groups in total. The van der Waals surface area contributed by atoms with Crippen LogP contribution in [0.2, 0.25) is 0 Å². The van der Waals surface area contributed by atoms with E-state index in [1.807, 2.05) is 0 Å². The van der Waals surface area contributed by atoms with Gasteiger partial charge in [0, 0.05) is 19.3 Å². The largest absolute Gasteiger partial charge is 0.378 e. The van der Waals surface area contributed by atoms with Gasteiger partial charge in [0.15, 0.2) is 0 Å². The third-order valence-corrected chi connectivity index (χ3v) is 3.70. The van der Waals surface area contributed by atoms with E-state index in [1.165, 1.54) is 38.5 Å². The standard InChI is InChI=1S/C13H25NO2/c1-2-14-12(13-6-4-10-16-13)8-7-11-5-3-9-15-11/h11-14H,2-10H2,1H3. The van der Waals surface area contributed by atoms with Crippen LogP contribution in [-0.2, 0) is 9.47 Å². The van der Waals surface area contributed by atoms with Crippen LogP contribution < -0.4 is 5.32 Å². The SMILES string of the molecule is CCNC(CCC1CCCO1)C1CCCO1. The summed E-state index contributed by atoms with van der Waals surface area (Å²) in [6, 6.07) is 0.539. The molecule has 2 aliphatic rings. The zero-order chi connectivity index (χ0) is 11.2. The molecule has 0 spiro atoms. The molecule has 3 nitrogen and oxygen atoms in total. The van der Waals surface area contributed by atoms with E-state index < -0.39 is 0 Å². The van der Waals surface area contributed by atoms with E-state index >= 15 is 0 Å². The summed E-state index contributed by atoms with van der Waals surface area (Å²) in [6.07, 6.45) is 8.31. The van der Waals surface area contributed by atoms with E-state index in [-0.39, 0.29) is 0 Å². The van der Waals surface area contributed by atoms with Crippen molar-refractivity contribution in [2.45, 2.75) is 63.7 Å². The molecule has 2 heterocycles. The predicted octanol–water partition coefficient (Wildman–Crippen LogP) is 2.10. The summed E-state index contributed by atoms with van der Waals surface area (Å²) in [5.41, 5.74) is 0. The molecule has 3 atom stereocenters. The summed E-state index contributed by atoms with van der Waals surface area (Å²) >= 11 is 0. The Balaban J connectivity index is 1.72. The fourth-order valence-electron chi connectivity index (χ4n) is 2.84. The quantitative estimate of drug-likeness (QED) is 0.754. The first-order valence-electron chi connectivity index (χ1n) is 6.86. The van der Waals surface area contributed by atoms with Gasteiger partial charge in [-0.3, -0.25) is 0 Å². The maximum atomic E-state index is 5.78. The average Bonchev–Trinajstić information content (AvgIpc) is 2.96. The lowest BCUT2D eigenvalue weighted by atomic mass is 10.00. The van der Waals surface area contributed by atoms with Gasteiger partial charge in [0.2, 0.25) is 0 Å². The average molecular weight is 227 g/mol. The Kier molecular flexibility index (Phi) is 5.07. The van der Waals surface area contributed by atoms with Crippen molar-refractivity contribution in [2.24, 2.45) is 0 Å². The molecule has 0 radical (unpaired) electrons. The lowest BCUT2D eigenvalue weighted by molar-refractivity contribution is 0.0610. The summed E-state index contributed by atoms with van der Waals surface area (Å²) in [4.78, 5) is 0. The minimum atomic E-state index is 0.446. The molecule has 0 aromatic carbocycles. The fraction of sp³-hybridized carbons (Fsp3) is 1.00. The molecular formula is C13H25NO2. The third-order valence-electron chi connectivity index (χ3n) is 3.70. The molecule has 2 rings (SSSR count). The summed E-state index contributed by atoms with van der Waals surface area (Å²) in [5.74, 6) is 0. The van der Waals surface area contributed by atoms with Crippen LogP contribution in [0.5, 0.6) is 0 Å². The molecule has 3 unspecified atom stereocenters. The summed E-state index contributed by atoms with van der Waals surface area (Å²) in [5, 5.41) is 3.57. The van der Waals surface area contributed by atoms with Gasteiger partial charge < -0.3 is 14.8 Å². The smallest absolute Gasteiger partial charge is 0.0728 e. The van der Waals surface area contributed by atoms with Gasteiger partial charge in [-0.05, 0) is 45.1 Å². The summed E-state index contributed by atoms with van der Waals surface area (Å²) < 4.78 is 11.5. The molecule has 0 amide bonds. The normalized spacial score (nSPS) is 32.1. The van der Waals surface area contributed by atoms with Crippen LogP contribution in [0.15, 0.2) is 0 Å². The molecule has 16 heavy (non-hydrogen) atoms. The van der Waals surface area contributed by atoms with Crippen LogP contribution >= 0.6 is 0 Å². The van der Waals surface area contributed by atoms with E-state index in [0.29, 0.717) is 18.2 Å². The monoisotopic (exact) mass is 227 g/mol. The zero-order valence-corrected chi connectivity index (χ0v) is 10.4. The van der Waals surface area contributed by atoms with Gasteiger partial charge in [0.05, 0.1) is 12.2 Å². The highest BCUT2D eigenvalue weighted by atomic mass is 16.5.